The Hall–Kier alpha value is -3.48. The molecule has 7 heteroatoms. The summed E-state index contributed by atoms with van der Waals surface area (Å²) in [7, 11) is 1.78. The van der Waals surface area contributed by atoms with Crippen molar-refractivity contribution in [3.05, 3.63) is 83.2 Å². The van der Waals surface area contributed by atoms with E-state index in [1.165, 1.54) is 18.2 Å². The van der Waals surface area contributed by atoms with Gasteiger partial charge in [0, 0.05) is 25.1 Å². The number of anilines is 1. The van der Waals surface area contributed by atoms with Gasteiger partial charge in [0.05, 0.1) is 16.7 Å². The number of carbonyl (C=O) groups excluding carboxylic acids is 1. The highest BCUT2D eigenvalue weighted by atomic mass is 19.1. The van der Waals surface area contributed by atoms with Crippen molar-refractivity contribution in [3.63, 3.8) is 0 Å². The molecule has 3 aromatic rings. The molecule has 0 bridgehead atoms. The van der Waals surface area contributed by atoms with Gasteiger partial charge >= 0.3 is 5.97 Å². The summed E-state index contributed by atoms with van der Waals surface area (Å²) in [6, 6.07) is 10.6. The molecule has 0 amide bonds. The van der Waals surface area contributed by atoms with Crippen LogP contribution in [0, 0.1) is 5.82 Å². The lowest BCUT2D eigenvalue weighted by atomic mass is 9.71. The monoisotopic (exact) mass is 379 g/mol. The first-order valence-corrected chi connectivity index (χ1v) is 8.75. The molecular formula is C21H18FN3O3. The number of imidazole rings is 1. The Bertz CT molecular complexity index is 1090. The lowest BCUT2D eigenvalue weighted by Gasteiger charge is -2.43. The lowest BCUT2D eigenvalue weighted by Crippen LogP contribution is -2.47. The van der Waals surface area contributed by atoms with Gasteiger partial charge in [0.1, 0.15) is 17.6 Å². The Morgan fingerprint density at radius 1 is 1.25 bits per heavy atom. The zero-order valence-corrected chi connectivity index (χ0v) is 15.3. The number of carbonyl (C=O) groups is 2. The summed E-state index contributed by atoms with van der Waals surface area (Å²) in [5.41, 5.74) is 0.246. The Morgan fingerprint density at radius 3 is 2.57 bits per heavy atom. The van der Waals surface area contributed by atoms with Gasteiger partial charge in [0.2, 0.25) is 0 Å². The maximum Gasteiger partial charge on any atom is 0.336 e. The predicted octanol–water partition coefficient (Wildman–Crippen LogP) is 3.56. The Labute approximate surface area is 160 Å². The minimum atomic E-state index is -1.17. The summed E-state index contributed by atoms with van der Waals surface area (Å²) in [4.78, 5) is 29.7. The van der Waals surface area contributed by atoms with Crippen LogP contribution >= 0.6 is 0 Å². The molecule has 2 aromatic carbocycles. The maximum atomic E-state index is 13.6. The third kappa shape index (κ3) is 2.58. The fourth-order valence-electron chi connectivity index (χ4n) is 3.92. The van der Waals surface area contributed by atoms with E-state index in [9.17, 15) is 19.1 Å². The molecule has 2 heterocycles. The summed E-state index contributed by atoms with van der Waals surface area (Å²) in [5, 5.41) is 12.9. The summed E-state index contributed by atoms with van der Waals surface area (Å²) >= 11 is 0. The van der Waals surface area contributed by atoms with Crippen LogP contribution in [0.1, 0.15) is 44.9 Å². The van der Waals surface area contributed by atoms with Crippen LogP contribution in [0.5, 0.6) is 0 Å². The second kappa shape index (κ2) is 6.30. The molecule has 142 valence electrons. The highest BCUT2D eigenvalue weighted by Gasteiger charge is 2.49. The van der Waals surface area contributed by atoms with Gasteiger partial charge in [0.15, 0.2) is 5.78 Å². The first-order valence-electron chi connectivity index (χ1n) is 8.75. The molecule has 4 rings (SSSR count). The topological polar surface area (TPSA) is 84.2 Å². The van der Waals surface area contributed by atoms with Crippen LogP contribution < -0.4 is 5.32 Å². The fraction of sp³-hybridized carbons (Fsp3) is 0.190. The number of rotatable bonds is 3. The molecular weight excluding hydrogens is 361 g/mol. The number of fused-ring (bicyclic) bond motifs is 1. The molecule has 28 heavy (non-hydrogen) atoms. The van der Waals surface area contributed by atoms with Crippen molar-refractivity contribution in [3.8, 4) is 0 Å². The molecule has 0 saturated carbocycles. The number of hydrogen-bond donors (Lipinski definition) is 2. The number of aromatic nitrogens is 2. The number of benzene rings is 2. The number of aryl methyl sites for hydroxylation is 1. The summed E-state index contributed by atoms with van der Waals surface area (Å²) in [6.45, 7) is 1.84. The number of ketones is 1. The van der Waals surface area contributed by atoms with Gasteiger partial charge in [-0.05, 0) is 36.8 Å². The Balaban J connectivity index is 1.99. The molecule has 0 spiro atoms. The van der Waals surface area contributed by atoms with Crippen LogP contribution in [-0.4, -0.2) is 26.4 Å². The van der Waals surface area contributed by atoms with Crippen LogP contribution in [0.2, 0.25) is 0 Å². The van der Waals surface area contributed by atoms with Gasteiger partial charge in [-0.15, -0.1) is 0 Å². The van der Waals surface area contributed by atoms with Crippen molar-refractivity contribution in [1.82, 2.24) is 9.55 Å². The average molecular weight is 379 g/mol. The molecule has 1 aromatic heterocycles. The third-order valence-electron chi connectivity index (χ3n) is 5.34. The minimum Gasteiger partial charge on any atom is -0.478 e. The zero-order chi connectivity index (χ0) is 20.1. The van der Waals surface area contributed by atoms with E-state index in [1.807, 2.05) is 6.92 Å². The van der Waals surface area contributed by atoms with Gasteiger partial charge in [-0.2, -0.15) is 0 Å². The van der Waals surface area contributed by atoms with Crippen LogP contribution in [0.4, 0.5) is 10.1 Å². The minimum absolute atomic E-state index is 0.0598. The smallest absolute Gasteiger partial charge is 0.336 e. The van der Waals surface area contributed by atoms with Crippen LogP contribution in [0.3, 0.4) is 0 Å². The van der Waals surface area contributed by atoms with E-state index in [2.05, 4.69) is 10.3 Å². The highest BCUT2D eigenvalue weighted by molar-refractivity contribution is 6.14. The van der Waals surface area contributed by atoms with E-state index < -0.39 is 17.4 Å². The first-order chi connectivity index (χ1) is 13.3. The quantitative estimate of drug-likeness (QED) is 0.727. The SMILES string of the molecule is Cn1ccnc1C1C(=O)c2c(cccc2C(=O)O)NC1(C)c1ccc(F)cc1. The van der Waals surface area contributed by atoms with Crippen molar-refractivity contribution in [2.24, 2.45) is 7.05 Å². The van der Waals surface area contributed by atoms with Gasteiger partial charge < -0.3 is 15.0 Å². The van der Waals surface area contributed by atoms with E-state index in [4.69, 9.17) is 0 Å². The number of nitrogens with one attached hydrogen (secondary N) is 1. The molecule has 0 saturated heterocycles. The van der Waals surface area contributed by atoms with Crippen molar-refractivity contribution in [2.75, 3.05) is 5.32 Å². The summed E-state index contributed by atoms with van der Waals surface area (Å²) in [5.74, 6) is -2.19. The van der Waals surface area contributed by atoms with E-state index in [0.717, 1.165) is 0 Å². The average Bonchev–Trinajstić information content (AvgIpc) is 3.07. The molecule has 2 N–H and O–H groups in total. The second-order valence-corrected chi connectivity index (χ2v) is 7.06. The number of halogens is 1. The van der Waals surface area contributed by atoms with E-state index >= 15 is 0 Å². The number of Topliss-reactive ketones (excluding diaryl/α,β-unsaturated/α-hetero) is 1. The van der Waals surface area contributed by atoms with E-state index in [1.54, 1.807) is 48.3 Å². The van der Waals surface area contributed by atoms with E-state index in [-0.39, 0.29) is 22.7 Å². The summed E-state index contributed by atoms with van der Waals surface area (Å²) < 4.78 is 15.2. The van der Waals surface area contributed by atoms with Crippen molar-refractivity contribution in [1.29, 1.82) is 0 Å². The molecule has 1 aliphatic rings. The number of carboxylic acid groups (broad SMARTS) is 1. The molecule has 0 fully saturated rings. The molecule has 1 aliphatic heterocycles. The van der Waals surface area contributed by atoms with Crippen LogP contribution in [0.15, 0.2) is 54.9 Å². The summed E-state index contributed by atoms with van der Waals surface area (Å²) in [6.07, 6.45) is 3.32. The van der Waals surface area contributed by atoms with Crippen molar-refractivity contribution >= 4 is 17.4 Å². The van der Waals surface area contributed by atoms with Crippen LogP contribution in [-0.2, 0) is 12.6 Å². The first kappa shape index (κ1) is 17.9. The molecule has 0 aliphatic carbocycles. The standard InChI is InChI=1S/C21H18FN3O3/c1-21(12-6-8-13(22)9-7-12)17(19-23-10-11-25(19)2)18(26)16-14(20(27)28)4-3-5-15(16)24-21/h3-11,17,24H,1-2H3,(H,27,28). The van der Waals surface area contributed by atoms with E-state index in [0.29, 0.717) is 17.1 Å². The second-order valence-electron chi connectivity index (χ2n) is 7.06. The maximum absolute atomic E-state index is 13.6. The number of carboxylic acids is 1. The normalized spacial score (nSPS) is 21.1. The highest BCUT2D eigenvalue weighted by Crippen LogP contribution is 2.46. The Morgan fingerprint density at radius 2 is 1.96 bits per heavy atom. The van der Waals surface area contributed by atoms with Gasteiger partial charge in [-0.1, -0.05) is 18.2 Å². The third-order valence-corrected chi connectivity index (χ3v) is 5.34. The van der Waals surface area contributed by atoms with Crippen molar-refractivity contribution < 1.29 is 19.1 Å². The van der Waals surface area contributed by atoms with Crippen molar-refractivity contribution in [2.45, 2.75) is 18.4 Å². The molecule has 0 radical (unpaired) electrons. The van der Waals surface area contributed by atoms with Gasteiger partial charge in [0.25, 0.3) is 0 Å². The predicted molar refractivity (Wildman–Crippen MR) is 101 cm³/mol. The van der Waals surface area contributed by atoms with Crippen LogP contribution in [0.25, 0.3) is 0 Å². The number of nitrogens with zero attached hydrogens (tertiary/aromatic N) is 2. The Kier molecular flexibility index (Phi) is 4.03. The van der Waals surface area contributed by atoms with Gasteiger partial charge in [-0.3, -0.25) is 4.79 Å². The number of hydrogen-bond acceptors (Lipinski definition) is 4. The fourth-order valence-corrected chi connectivity index (χ4v) is 3.92. The molecule has 6 nitrogen and oxygen atoms in total. The molecule has 2 atom stereocenters. The lowest BCUT2D eigenvalue weighted by molar-refractivity contribution is 0.0689. The molecule has 2 unspecified atom stereocenters. The zero-order valence-electron chi connectivity index (χ0n) is 15.3. The van der Waals surface area contributed by atoms with Gasteiger partial charge in [-0.25, -0.2) is 14.2 Å². The largest absolute Gasteiger partial charge is 0.478 e. The number of aromatic carboxylic acids is 1.